The number of carbonyl (C=O) groups is 1. The maximum absolute atomic E-state index is 12.8. The molecule has 0 unspecified atom stereocenters. The number of nitrogens with two attached hydrogens (primary N) is 2. The summed E-state index contributed by atoms with van der Waals surface area (Å²) in [4.78, 5) is 17.4. The number of nitrogen functional groups attached to an aromatic ring is 1. The van der Waals surface area contributed by atoms with Gasteiger partial charge in [0.1, 0.15) is 5.41 Å². The van der Waals surface area contributed by atoms with Gasteiger partial charge in [-0.05, 0) is 37.1 Å². The molecule has 0 radical (unpaired) electrons. The molecule has 5 N–H and O–H groups in total. The number of primary sulfonamides is 1. The van der Waals surface area contributed by atoms with E-state index in [1.165, 1.54) is 0 Å². The van der Waals surface area contributed by atoms with Crippen LogP contribution < -0.4 is 20.9 Å². The maximum Gasteiger partial charge on any atom is 0.234 e. The molecule has 1 aliphatic rings. The van der Waals surface area contributed by atoms with Crippen LogP contribution >= 0.6 is 0 Å². The molecule has 1 saturated carbocycles. The Morgan fingerprint density at radius 2 is 1.93 bits per heavy atom. The molecule has 10 nitrogen and oxygen atoms in total. The zero-order chi connectivity index (χ0) is 21.5. The fourth-order valence-corrected chi connectivity index (χ4v) is 3.71. The van der Waals surface area contributed by atoms with Crippen molar-refractivity contribution in [2.75, 3.05) is 25.1 Å². The lowest BCUT2D eigenvalue weighted by Gasteiger charge is -2.11. The van der Waals surface area contributed by atoms with Crippen molar-refractivity contribution in [2.45, 2.75) is 18.3 Å². The Kier molecular flexibility index (Phi) is 4.86. The molecule has 11 heteroatoms. The molecule has 1 fully saturated rings. The number of aromatic nitrogens is 3. The highest BCUT2D eigenvalue weighted by Gasteiger charge is 2.54. The lowest BCUT2D eigenvalue weighted by molar-refractivity contribution is -0.123. The van der Waals surface area contributed by atoms with E-state index in [1.54, 1.807) is 29.8 Å². The molecular formula is C19H22N6O4S. The van der Waals surface area contributed by atoms with Crippen LogP contribution in [0.2, 0.25) is 0 Å². The van der Waals surface area contributed by atoms with E-state index in [-0.39, 0.29) is 18.2 Å². The zero-order valence-electron chi connectivity index (χ0n) is 16.3. The minimum absolute atomic E-state index is 0.0627. The standard InChI is InChI=1S/C19H22N6O4S/c1-29-15-7-6-14(12-2-4-13(20)5-3-12)25-16(15)23-17(24-25)19(8-9-19)18(26)22-10-11-30(21,27)28/h2-7H,8-11,20H2,1H3,(H,22,26)(H2,21,27,28). The largest absolute Gasteiger partial charge is 0.493 e. The predicted molar refractivity (Wildman–Crippen MR) is 111 cm³/mol. The Hall–Kier alpha value is -3.18. The van der Waals surface area contributed by atoms with E-state index < -0.39 is 15.4 Å². The average molecular weight is 430 g/mol. The molecule has 3 aromatic rings. The number of pyridine rings is 1. The van der Waals surface area contributed by atoms with Gasteiger partial charge in [0, 0.05) is 17.8 Å². The number of amides is 1. The summed E-state index contributed by atoms with van der Waals surface area (Å²) in [6.45, 7) is -0.0627. The summed E-state index contributed by atoms with van der Waals surface area (Å²) in [5, 5.41) is 12.2. The first-order valence-corrected chi connectivity index (χ1v) is 11.0. The summed E-state index contributed by atoms with van der Waals surface area (Å²) in [5.41, 5.74) is 7.70. The zero-order valence-corrected chi connectivity index (χ0v) is 17.1. The molecule has 30 heavy (non-hydrogen) atoms. The highest BCUT2D eigenvalue weighted by molar-refractivity contribution is 7.89. The van der Waals surface area contributed by atoms with Gasteiger partial charge in [0.2, 0.25) is 15.9 Å². The van der Waals surface area contributed by atoms with Crippen LogP contribution in [0.15, 0.2) is 36.4 Å². The minimum atomic E-state index is -3.65. The maximum atomic E-state index is 12.8. The number of fused-ring (bicyclic) bond motifs is 1. The SMILES string of the molecule is COc1ccc(-c2ccc(N)cc2)n2nc(C3(C(=O)NCCS(N)(=O)=O)CC3)nc12. The Morgan fingerprint density at radius 3 is 2.53 bits per heavy atom. The van der Waals surface area contributed by atoms with E-state index in [1.807, 2.05) is 18.2 Å². The molecule has 1 aromatic carbocycles. The molecule has 1 amide bonds. The third-order valence-corrected chi connectivity index (χ3v) is 5.93. The van der Waals surface area contributed by atoms with Crippen LogP contribution in [-0.4, -0.2) is 48.3 Å². The van der Waals surface area contributed by atoms with Crippen LogP contribution in [0.25, 0.3) is 16.9 Å². The van der Waals surface area contributed by atoms with E-state index in [0.717, 1.165) is 11.3 Å². The van der Waals surface area contributed by atoms with Gasteiger partial charge >= 0.3 is 0 Å². The minimum Gasteiger partial charge on any atom is -0.493 e. The van der Waals surface area contributed by atoms with Crippen LogP contribution in [0, 0.1) is 0 Å². The van der Waals surface area contributed by atoms with Crippen LogP contribution in [0.3, 0.4) is 0 Å². The van der Waals surface area contributed by atoms with Crippen LogP contribution in [0.1, 0.15) is 18.7 Å². The number of hydrogen-bond acceptors (Lipinski definition) is 7. The molecule has 4 rings (SSSR count). The second kappa shape index (κ2) is 7.26. The van der Waals surface area contributed by atoms with E-state index in [4.69, 9.17) is 15.6 Å². The molecule has 0 spiro atoms. The van der Waals surface area contributed by atoms with E-state index in [0.29, 0.717) is 35.8 Å². The van der Waals surface area contributed by atoms with Gasteiger partial charge in [0.25, 0.3) is 0 Å². The smallest absolute Gasteiger partial charge is 0.234 e. The van der Waals surface area contributed by atoms with Crippen molar-refractivity contribution in [3.05, 3.63) is 42.2 Å². The monoisotopic (exact) mass is 430 g/mol. The van der Waals surface area contributed by atoms with E-state index >= 15 is 0 Å². The lowest BCUT2D eigenvalue weighted by atomic mass is 10.1. The fourth-order valence-electron chi connectivity index (χ4n) is 3.33. The van der Waals surface area contributed by atoms with Crippen molar-refractivity contribution in [1.82, 2.24) is 19.9 Å². The first-order valence-electron chi connectivity index (χ1n) is 9.32. The van der Waals surface area contributed by atoms with Gasteiger partial charge in [-0.1, -0.05) is 12.1 Å². The normalized spacial score (nSPS) is 15.1. The number of hydrogen-bond donors (Lipinski definition) is 3. The van der Waals surface area contributed by atoms with E-state index in [9.17, 15) is 13.2 Å². The van der Waals surface area contributed by atoms with Crippen molar-refractivity contribution in [2.24, 2.45) is 5.14 Å². The molecule has 0 bridgehead atoms. The summed E-state index contributed by atoms with van der Waals surface area (Å²) >= 11 is 0. The van der Waals surface area contributed by atoms with Gasteiger partial charge in [-0.15, -0.1) is 5.10 Å². The van der Waals surface area contributed by atoms with Gasteiger partial charge in [-0.2, -0.15) is 0 Å². The highest BCUT2D eigenvalue weighted by atomic mass is 32.2. The summed E-state index contributed by atoms with van der Waals surface area (Å²) in [5.74, 6) is 0.257. The Labute approximate surface area is 173 Å². The molecule has 2 heterocycles. The number of anilines is 1. The quantitative estimate of drug-likeness (QED) is 0.459. The first kappa shape index (κ1) is 20.1. The lowest BCUT2D eigenvalue weighted by Crippen LogP contribution is -2.38. The van der Waals surface area contributed by atoms with Crippen molar-refractivity contribution in [3.63, 3.8) is 0 Å². The van der Waals surface area contributed by atoms with Gasteiger partial charge in [0.05, 0.1) is 18.6 Å². The summed E-state index contributed by atoms with van der Waals surface area (Å²) in [6.07, 6.45) is 1.15. The summed E-state index contributed by atoms with van der Waals surface area (Å²) in [6, 6.07) is 11.0. The van der Waals surface area contributed by atoms with Crippen LogP contribution in [0.4, 0.5) is 5.69 Å². The number of nitrogens with one attached hydrogen (secondary N) is 1. The molecule has 0 atom stereocenters. The first-order chi connectivity index (χ1) is 14.2. The number of ether oxygens (including phenoxy) is 1. The molecule has 2 aromatic heterocycles. The second-order valence-electron chi connectivity index (χ2n) is 7.28. The van der Waals surface area contributed by atoms with Gasteiger partial charge in [-0.3, -0.25) is 4.79 Å². The summed E-state index contributed by atoms with van der Waals surface area (Å²) in [7, 11) is -2.11. The van der Waals surface area contributed by atoms with E-state index in [2.05, 4.69) is 15.4 Å². The molecule has 1 aliphatic carbocycles. The Balaban J connectivity index is 1.71. The fraction of sp³-hybridized carbons (Fsp3) is 0.316. The van der Waals surface area contributed by atoms with Gasteiger partial charge < -0.3 is 15.8 Å². The Morgan fingerprint density at radius 1 is 1.23 bits per heavy atom. The van der Waals surface area contributed by atoms with Crippen molar-refractivity contribution < 1.29 is 17.9 Å². The van der Waals surface area contributed by atoms with Gasteiger partial charge in [0.15, 0.2) is 17.2 Å². The van der Waals surface area contributed by atoms with Gasteiger partial charge in [-0.25, -0.2) is 23.1 Å². The highest BCUT2D eigenvalue weighted by Crippen LogP contribution is 2.47. The number of benzene rings is 1. The van der Waals surface area contributed by atoms with Crippen molar-refractivity contribution >= 4 is 27.3 Å². The van der Waals surface area contributed by atoms with Crippen LogP contribution in [0.5, 0.6) is 5.75 Å². The van der Waals surface area contributed by atoms with Crippen molar-refractivity contribution in [3.8, 4) is 17.0 Å². The number of sulfonamides is 1. The third-order valence-electron chi connectivity index (χ3n) is 5.16. The van der Waals surface area contributed by atoms with Crippen LogP contribution in [-0.2, 0) is 20.2 Å². The topological polar surface area (TPSA) is 155 Å². The number of nitrogens with zero attached hydrogens (tertiary/aromatic N) is 3. The molecule has 0 aliphatic heterocycles. The molecule has 158 valence electrons. The molecular weight excluding hydrogens is 408 g/mol. The molecule has 0 saturated heterocycles. The second-order valence-corrected chi connectivity index (χ2v) is 9.02. The number of methoxy groups -OCH3 is 1. The van der Waals surface area contributed by atoms with Crippen molar-refractivity contribution in [1.29, 1.82) is 0 Å². The number of carbonyl (C=O) groups excluding carboxylic acids is 1. The third kappa shape index (κ3) is 3.68. The summed E-state index contributed by atoms with van der Waals surface area (Å²) < 4.78 is 29.3. The Bertz CT molecular complexity index is 1220. The predicted octanol–water partition coefficient (Wildman–Crippen LogP) is 0.423. The average Bonchev–Trinajstić information content (AvgIpc) is 3.39. The number of rotatable bonds is 7.